The van der Waals surface area contributed by atoms with Crippen LogP contribution in [0.2, 0.25) is 5.02 Å². The van der Waals surface area contributed by atoms with Gasteiger partial charge in [-0.3, -0.25) is 4.79 Å². The summed E-state index contributed by atoms with van der Waals surface area (Å²) in [5.74, 6) is -0.835. The van der Waals surface area contributed by atoms with Gasteiger partial charge in [-0.25, -0.2) is 4.79 Å². The molecule has 0 spiro atoms. The Morgan fingerprint density at radius 3 is 2.75 bits per heavy atom. The summed E-state index contributed by atoms with van der Waals surface area (Å²) in [6, 6.07) is 2.86. The third-order valence-electron chi connectivity index (χ3n) is 2.81. The van der Waals surface area contributed by atoms with Gasteiger partial charge in [0.15, 0.2) is 12.0 Å². The first-order valence-electron chi connectivity index (χ1n) is 5.99. The molecule has 2 aromatic rings. The summed E-state index contributed by atoms with van der Waals surface area (Å²) >= 11 is 6.07. The molecule has 0 bridgehead atoms. The van der Waals surface area contributed by atoms with Gasteiger partial charge in [0.25, 0.3) is 0 Å². The molecular formula is C14H13ClO5. The summed E-state index contributed by atoms with van der Waals surface area (Å²) in [4.78, 5) is 22.8. The molecule has 1 aromatic heterocycles. The standard InChI is InChI=1S/C14H13ClO5/c1-7(2)9-5-20-11-4-8(19-6-12(16)17)3-10(15)13(11)14(9)18/h3-5,7H,6H2,1-2H3,(H,16,17). The van der Waals surface area contributed by atoms with Crippen molar-refractivity contribution in [2.45, 2.75) is 19.8 Å². The van der Waals surface area contributed by atoms with Crippen LogP contribution in [0.25, 0.3) is 11.0 Å². The molecule has 0 unspecified atom stereocenters. The number of ether oxygens (including phenoxy) is 1. The van der Waals surface area contributed by atoms with Gasteiger partial charge in [-0.15, -0.1) is 0 Å². The summed E-state index contributed by atoms with van der Waals surface area (Å²) in [6.45, 7) is 3.28. The van der Waals surface area contributed by atoms with Crippen LogP contribution in [0.5, 0.6) is 5.75 Å². The van der Waals surface area contributed by atoms with Gasteiger partial charge < -0.3 is 14.3 Å². The van der Waals surface area contributed by atoms with Gasteiger partial charge in [0, 0.05) is 11.6 Å². The smallest absolute Gasteiger partial charge is 0.341 e. The molecule has 5 nitrogen and oxygen atoms in total. The lowest BCUT2D eigenvalue weighted by atomic mass is 10.0. The quantitative estimate of drug-likeness (QED) is 0.938. The third-order valence-corrected chi connectivity index (χ3v) is 3.11. The molecule has 0 saturated heterocycles. The zero-order chi connectivity index (χ0) is 14.9. The molecule has 0 amide bonds. The Morgan fingerprint density at radius 2 is 2.15 bits per heavy atom. The topological polar surface area (TPSA) is 76.7 Å². The maximum atomic E-state index is 12.3. The second-order valence-electron chi connectivity index (χ2n) is 4.64. The fraction of sp³-hybridized carbons (Fsp3) is 0.286. The zero-order valence-corrected chi connectivity index (χ0v) is 11.7. The van der Waals surface area contributed by atoms with Gasteiger partial charge in [-0.1, -0.05) is 25.4 Å². The van der Waals surface area contributed by atoms with E-state index in [1.807, 2.05) is 13.8 Å². The van der Waals surface area contributed by atoms with E-state index in [0.717, 1.165) is 0 Å². The Kier molecular flexibility index (Phi) is 3.99. The molecule has 1 heterocycles. The summed E-state index contributed by atoms with van der Waals surface area (Å²) in [7, 11) is 0. The molecule has 106 valence electrons. The van der Waals surface area contributed by atoms with E-state index in [9.17, 15) is 9.59 Å². The van der Waals surface area contributed by atoms with Crippen LogP contribution >= 0.6 is 11.6 Å². The fourth-order valence-electron chi connectivity index (χ4n) is 1.82. The zero-order valence-electron chi connectivity index (χ0n) is 11.0. The van der Waals surface area contributed by atoms with Gasteiger partial charge in [-0.2, -0.15) is 0 Å². The molecule has 0 aliphatic carbocycles. The highest BCUT2D eigenvalue weighted by atomic mass is 35.5. The first-order chi connectivity index (χ1) is 9.40. The van der Waals surface area contributed by atoms with Gasteiger partial charge >= 0.3 is 5.97 Å². The highest BCUT2D eigenvalue weighted by molar-refractivity contribution is 6.35. The Labute approximate surface area is 119 Å². The van der Waals surface area contributed by atoms with E-state index in [0.29, 0.717) is 5.56 Å². The highest BCUT2D eigenvalue weighted by Crippen LogP contribution is 2.28. The summed E-state index contributed by atoms with van der Waals surface area (Å²) in [5.41, 5.74) is 0.627. The van der Waals surface area contributed by atoms with Crippen molar-refractivity contribution in [2.75, 3.05) is 6.61 Å². The van der Waals surface area contributed by atoms with Crippen LogP contribution in [-0.4, -0.2) is 17.7 Å². The van der Waals surface area contributed by atoms with Crippen LogP contribution in [0, 0.1) is 0 Å². The number of rotatable bonds is 4. The average molecular weight is 297 g/mol. The fourth-order valence-corrected chi connectivity index (χ4v) is 2.11. The largest absolute Gasteiger partial charge is 0.482 e. The van der Waals surface area contributed by atoms with Crippen LogP contribution in [0.4, 0.5) is 0 Å². The van der Waals surface area contributed by atoms with E-state index >= 15 is 0 Å². The minimum absolute atomic E-state index is 0.0228. The molecule has 0 fully saturated rings. The van der Waals surface area contributed by atoms with E-state index in [2.05, 4.69) is 0 Å². The maximum absolute atomic E-state index is 12.3. The maximum Gasteiger partial charge on any atom is 0.341 e. The summed E-state index contributed by atoms with van der Waals surface area (Å²) in [5, 5.41) is 9.03. The van der Waals surface area contributed by atoms with Crippen molar-refractivity contribution in [1.82, 2.24) is 0 Å². The van der Waals surface area contributed by atoms with Crippen LogP contribution in [0.1, 0.15) is 25.3 Å². The predicted octanol–water partition coefficient (Wildman–Crippen LogP) is 3.03. The SMILES string of the molecule is CC(C)c1coc2cc(OCC(=O)O)cc(Cl)c2c1=O. The number of aliphatic carboxylic acids is 1. The van der Waals surface area contributed by atoms with Gasteiger partial charge in [0.2, 0.25) is 0 Å². The van der Waals surface area contributed by atoms with E-state index in [1.54, 1.807) is 0 Å². The molecule has 1 N–H and O–H groups in total. The number of carbonyl (C=O) groups is 1. The lowest BCUT2D eigenvalue weighted by Gasteiger charge is -2.08. The van der Waals surface area contributed by atoms with Crippen LogP contribution in [0.3, 0.4) is 0 Å². The second-order valence-corrected chi connectivity index (χ2v) is 5.04. The number of benzene rings is 1. The van der Waals surface area contributed by atoms with E-state index in [1.165, 1.54) is 18.4 Å². The molecular weight excluding hydrogens is 284 g/mol. The second kappa shape index (κ2) is 5.54. The van der Waals surface area contributed by atoms with E-state index < -0.39 is 12.6 Å². The van der Waals surface area contributed by atoms with Gasteiger partial charge in [0.1, 0.15) is 11.3 Å². The summed E-state index contributed by atoms with van der Waals surface area (Å²) < 4.78 is 10.4. The van der Waals surface area contributed by atoms with Crippen LogP contribution < -0.4 is 10.2 Å². The minimum atomic E-state index is -1.10. The number of hydrogen-bond donors (Lipinski definition) is 1. The first kappa shape index (κ1) is 14.4. The van der Waals surface area contributed by atoms with E-state index in [4.69, 9.17) is 25.9 Å². The molecule has 0 radical (unpaired) electrons. The Balaban J connectivity index is 2.55. The Bertz CT molecular complexity index is 717. The molecule has 0 aliphatic heterocycles. The number of halogens is 1. The van der Waals surface area contributed by atoms with Gasteiger partial charge in [0.05, 0.1) is 16.7 Å². The first-order valence-corrected chi connectivity index (χ1v) is 6.37. The monoisotopic (exact) mass is 296 g/mol. The molecule has 2 rings (SSSR count). The van der Waals surface area contributed by atoms with Crippen molar-refractivity contribution in [3.05, 3.63) is 39.2 Å². The predicted molar refractivity (Wildman–Crippen MR) is 74.7 cm³/mol. The number of carboxylic acids is 1. The molecule has 20 heavy (non-hydrogen) atoms. The van der Waals surface area contributed by atoms with Crippen molar-refractivity contribution < 1.29 is 19.1 Å². The molecule has 0 aliphatic rings. The molecule has 0 atom stereocenters. The van der Waals surface area contributed by atoms with Crippen molar-refractivity contribution >= 4 is 28.5 Å². The normalized spacial score (nSPS) is 11.0. The van der Waals surface area contributed by atoms with Crippen LogP contribution in [0.15, 0.2) is 27.6 Å². The van der Waals surface area contributed by atoms with Crippen molar-refractivity contribution in [3.63, 3.8) is 0 Å². The molecule has 0 saturated carbocycles. The molecule has 1 aromatic carbocycles. The number of carboxylic acid groups (broad SMARTS) is 1. The minimum Gasteiger partial charge on any atom is -0.482 e. The average Bonchev–Trinajstić information content (AvgIpc) is 2.35. The van der Waals surface area contributed by atoms with Gasteiger partial charge in [-0.05, 0) is 12.0 Å². The van der Waals surface area contributed by atoms with Crippen molar-refractivity contribution in [2.24, 2.45) is 0 Å². The lowest BCUT2D eigenvalue weighted by Crippen LogP contribution is -2.12. The van der Waals surface area contributed by atoms with Crippen molar-refractivity contribution in [3.8, 4) is 5.75 Å². The summed E-state index contributed by atoms with van der Waals surface area (Å²) in [6.07, 6.45) is 1.40. The third kappa shape index (κ3) is 2.77. The Hall–Kier alpha value is -2.01. The van der Waals surface area contributed by atoms with Crippen molar-refractivity contribution in [1.29, 1.82) is 0 Å². The number of hydrogen-bond acceptors (Lipinski definition) is 4. The molecule has 6 heteroatoms. The Morgan fingerprint density at radius 1 is 1.45 bits per heavy atom. The van der Waals surface area contributed by atoms with Crippen LogP contribution in [-0.2, 0) is 4.79 Å². The number of fused-ring (bicyclic) bond motifs is 1. The highest BCUT2D eigenvalue weighted by Gasteiger charge is 2.14. The lowest BCUT2D eigenvalue weighted by molar-refractivity contribution is -0.139. The van der Waals surface area contributed by atoms with E-state index in [-0.39, 0.29) is 33.1 Å².